The third kappa shape index (κ3) is 58.1. The summed E-state index contributed by atoms with van der Waals surface area (Å²) < 4.78 is 0. The SMILES string of the molecule is CCCCC(=O)CC(=O)[O-].CCCCC(=O)CC(=O)[O-].CCCCC(=O)CC(=O)[O-].CCCCC(=O)CC(=O)[O-].[Zr+2].[Zr+2]. The van der Waals surface area contributed by atoms with Gasteiger partial charge in [-0.1, -0.05) is 53.4 Å². The number of hydrogen-bond acceptors (Lipinski definition) is 12. The number of carboxylic acids is 4. The van der Waals surface area contributed by atoms with Crippen molar-refractivity contribution in [2.24, 2.45) is 0 Å². The van der Waals surface area contributed by atoms with E-state index in [1.54, 1.807) is 0 Å². The average molecular weight is 755 g/mol. The van der Waals surface area contributed by atoms with Gasteiger partial charge in [0.25, 0.3) is 0 Å². The van der Waals surface area contributed by atoms with Gasteiger partial charge in [0.2, 0.25) is 0 Å². The Morgan fingerprint density at radius 2 is 0.500 bits per heavy atom. The Labute approximate surface area is 287 Å². The van der Waals surface area contributed by atoms with Crippen molar-refractivity contribution in [3.63, 3.8) is 0 Å². The number of carboxylic acid groups (broad SMARTS) is 4. The van der Waals surface area contributed by atoms with E-state index in [1.165, 1.54) is 0 Å². The molecule has 0 atom stereocenters. The van der Waals surface area contributed by atoms with Crippen LogP contribution in [0.15, 0.2) is 0 Å². The summed E-state index contributed by atoms with van der Waals surface area (Å²) in [7, 11) is 0. The van der Waals surface area contributed by atoms with E-state index in [2.05, 4.69) is 0 Å². The second-order valence-corrected chi connectivity index (χ2v) is 8.76. The van der Waals surface area contributed by atoms with E-state index in [1.807, 2.05) is 27.7 Å². The molecule has 0 aromatic heterocycles. The molecular weight excluding hydrogens is 711 g/mol. The fraction of sp³-hybridized carbons (Fsp3) is 0.714. The summed E-state index contributed by atoms with van der Waals surface area (Å²) in [4.78, 5) is 81.7. The van der Waals surface area contributed by atoms with Crippen LogP contribution in [-0.4, -0.2) is 47.0 Å². The Balaban J connectivity index is -0.000000101. The van der Waals surface area contributed by atoms with E-state index in [4.69, 9.17) is 0 Å². The van der Waals surface area contributed by atoms with Gasteiger partial charge in [0.05, 0.1) is 0 Å². The molecule has 0 aliphatic heterocycles. The van der Waals surface area contributed by atoms with Crippen LogP contribution in [0.5, 0.6) is 0 Å². The molecule has 0 heterocycles. The molecule has 0 fully saturated rings. The standard InChI is InChI=1S/4C7H12O3.2Zr/c4*1-2-3-4-6(8)5-7(9)10;;/h4*2-5H2,1H3,(H,9,10);;/q;;;;2*+2/p-4. The number of rotatable bonds is 20. The normalized spacial score (nSPS) is 8.86. The van der Waals surface area contributed by atoms with Crippen LogP contribution < -0.4 is 20.4 Å². The third-order valence-electron chi connectivity index (χ3n) is 4.60. The zero-order chi connectivity index (χ0) is 31.9. The Bertz CT molecular complexity index is 655. The molecule has 0 aromatic carbocycles. The van der Waals surface area contributed by atoms with Crippen LogP contribution in [-0.2, 0) is 90.8 Å². The monoisotopic (exact) mass is 752 g/mol. The summed E-state index contributed by atoms with van der Waals surface area (Å²) in [6.07, 6.45) is 6.48. The van der Waals surface area contributed by atoms with Crippen LogP contribution in [0.25, 0.3) is 0 Å². The number of carbonyl (C=O) groups excluding carboxylic acids is 8. The quantitative estimate of drug-likeness (QED) is 0.144. The Hall–Kier alpha value is -1.67. The second kappa shape index (κ2) is 39.3. The minimum atomic E-state index is -1.28. The molecule has 0 saturated heterocycles. The topological polar surface area (TPSA) is 229 Å². The van der Waals surface area contributed by atoms with Crippen molar-refractivity contribution in [3.05, 3.63) is 0 Å². The molecular formula is C28H44O12Zr2. The molecule has 0 unspecified atom stereocenters. The number of carbonyl (C=O) groups is 8. The molecule has 12 nitrogen and oxygen atoms in total. The van der Waals surface area contributed by atoms with Crippen LogP contribution >= 0.6 is 0 Å². The van der Waals surface area contributed by atoms with Crippen molar-refractivity contribution >= 4 is 47.0 Å². The van der Waals surface area contributed by atoms with Gasteiger partial charge in [0.15, 0.2) is 0 Å². The van der Waals surface area contributed by atoms with Gasteiger partial charge >= 0.3 is 52.4 Å². The van der Waals surface area contributed by atoms with Gasteiger partial charge in [-0.2, -0.15) is 0 Å². The molecule has 42 heavy (non-hydrogen) atoms. The van der Waals surface area contributed by atoms with E-state index >= 15 is 0 Å². The largest absolute Gasteiger partial charge is 2.00 e. The Morgan fingerprint density at radius 3 is 0.595 bits per heavy atom. The minimum absolute atomic E-state index is 0. The van der Waals surface area contributed by atoms with Crippen molar-refractivity contribution in [2.45, 2.75) is 130 Å². The third-order valence-corrected chi connectivity index (χ3v) is 4.60. The first-order chi connectivity index (χ1) is 18.7. The zero-order valence-electron chi connectivity index (χ0n) is 25.2. The molecule has 0 radical (unpaired) electrons. The van der Waals surface area contributed by atoms with Gasteiger partial charge in [-0.05, 0) is 25.7 Å². The molecule has 0 amide bonds. The number of aliphatic carboxylic acids is 4. The number of unbranched alkanes of at least 4 members (excludes halogenated alkanes) is 4. The smallest absolute Gasteiger partial charge is 0.550 e. The molecule has 0 aliphatic carbocycles. The van der Waals surface area contributed by atoms with Crippen LogP contribution in [0.2, 0.25) is 0 Å². The second-order valence-electron chi connectivity index (χ2n) is 8.76. The summed E-state index contributed by atoms with van der Waals surface area (Å²) in [5.74, 6) is -6.04. The maximum absolute atomic E-state index is 10.6. The summed E-state index contributed by atoms with van der Waals surface area (Å²) >= 11 is 0. The minimum Gasteiger partial charge on any atom is -0.550 e. The molecule has 0 aromatic rings. The average Bonchev–Trinajstić information content (AvgIpc) is 2.83. The first kappa shape index (κ1) is 52.9. The maximum atomic E-state index is 10.6. The molecule has 0 aliphatic rings. The molecule has 0 bridgehead atoms. The number of hydrogen-bond donors (Lipinski definition) is 0. The predicted molar refractivity (Wildman–Crippen MR) is 137 cm³/mol. The van der Waals surface area contributed by atoms with Crippen LogP contribution in [0, 0.1) is 0 Å². The van der Waals surface area contributed by atoms with Crippen molar-refractivity contribution in [1.29, 1.82) is 0 Å². The van der Waals surface area contributed by atoms with Gasteiger partial charge in [0, 0.05) is 75.2 Å². The van der Waals surface area contributed by atoms with E-state index in [-0.39, 0.29) is 75.5 Å². The molecule has 0 saturated carbocycles. The van der Waals surface area contributed by atoms with Crippen LogP contribution in [0.1, 0.15) is 130 Å². The van der Waals surface area contributed by atoms with Gasteiger partial charge in [-0.3, -0.25) is 19.2 Å². The maximum Gasteiger partial charge on any atom is 2.00 e. The Morgan fingerprint density at radius 1 is 0.357 bits per heavy atom. The van der Waals surface area contributed by atoms with Crippen molar-refractivity contribution in [3.8, 4) is 0 Å². The van der Waals surface area contributed by atoms with Gasteiger partial charge in [0.1, 0.15) is 23.1 Å². The molecule has 236 valence electrons. The molecule has 0 N–H and O–H groups in total. The van der Waals surface area contributed by atoms with Gasteiger partial charge < -0.3 is 39.6 Å². The first-order valence-corrected chi connectivity index (χ1v) is 13.5. The van der Waals surface area contributed by atoms with E-state index in [0.29, 0.717) is 25.7 Å². The van der Waals surface area contributed by atoms with Gasteiger partial charge in [-0.15, -0.1) is 0 Å². The van der Waals surface area contributed by atoms with Crippen molar-refractivity contribution in [1.82, 2.24) is 0 Å². The number of ketones is 4. The van der Waals surface area contributed by atoms with Gasteiger partial charge in [-0.25, -0.2) is 0 Å². The Kier molecular flexibility index (Phi) is 49.6. The summed E-state index contributed by atoms with van der Waals surface area (Å²) in [5, 5.41) is 39.4. The van der Waals surface area contributed by atoms with E-state index in [9.17, 15) is 58.8 Å². The first-order valence-electron chi connectivity index (χ1n) is 13.5. The summed E-state index contributed by atoms with van der Waals surface area (Å²) in [6, 6.07) is 0. The number of Topliss-reactive ketones (excluding diaryl/α,β-unsaturated/α-hetero) is 4. The summed E-state index contributed by atoms with van der Waals surface area (Å²) in [6.45, 7) is 7.80. The molecule has 0 rings (SSSR count). The zero-order valence-corrected chi connectivity index (χ0v) is 30.1. The predicted octanol–water partition coefficient (Wildman–Crippen LogP) is -0.462. The van der Waals surface area contributed by atoms with Crippen molar-refractivity contribution in [2.75, 3.05) is 0 Å². The van der Waals surface area contributed by atoms with E-state index < -0.39 is 49.6 Å². The molecule has 0 spiro atoms. The van der Waals surface area contributed by atoms with Crippen LogP contribution in [0.3, 0.4) is 0 Å². The van der Waals surface area contributed by atoms with E-state index in [0.717, 1.165) is 51.4 Å². The fourth-order valence-electron chi connectivity index (χ4n) is 2.49. The summed E-state index contributed by atoms with van der Waals surface area (Å²) in [5.41, 5.74) is 0. The molecule has 14 heteroatoms. The van der Waals surface area contributed by atoms with Crippen molar-refractivity contribution < 1.29 is 111 Å². The van der Waals surface area contributed by atoms with Crippen LogP contribution in [0.4, 0.5) is 0 Å². The fourth-order valence-corrected chi connectivity index (χ4v) is 2.49.